The van der Waals surface area contributed by atoms with Gasteiger partial charge in [0.15, 0.2) is 0 Å². The first-order chi connectivity index (χ1) is 7.28. The van der Waals surface area contributed by atoms with Gasteiger partial charge in [0.2, 0.25) is 11.2 Å². The van der Waals surface area contributed by atoms with E-state index in [9.17, 15) is 0 Å². The first-order valence-corrected chi connectivity index (χ1v) is 4.51. The molecule has 2 rings (SSSR count). The molecule has 0 spiro atoms. The van der Waals surface area contributed by atoms with Crippen molar-refractivity contribution in [2.45, 2.75) is 0 Å². The fraction of sp³-hybridized carbons (Fsp3) is 0.125. The van der Waals surface area contributed by atoms with E-state index in [1.165, 1.54) is 7.11 Å². The number of aromatic nitrogens is 4. The fourth-order valence-electron chi connectivity index (χ4n) is 0.998. The molecule has 7 heteroatoms. The van der Waals surface area contributed by atoms with Crippen molar-refractivity contribution in [3.8, 4) is 6.01 Å². The third-order valence-electron chi connectivity index (χ3n) is 1.60. The van der Waals surface area contributed by atoms with Crippen LogP contribution in [0.15, 0.2) is 24.5 Å². The normalized spacial score (nSPS) is 10.0. The van der Waals surface area contributed by atoms with Gasteiger partial charge in [0.1, 0.15) is 0 Å². The van der Waals surface area contributed by atoms with Gasteiger partial charge in [-0.1, -0.05) is 0 Å². The third-order valence-corrected chi connectivity index (χ3v) is 1.77. The summed E-state index contributed by atoms with van der Waals surface area (Å²) in [4.78, 5) is 11.6. The third kappa shape index (κ3) is 2.35. The predicted molar refractivity (Wildman–Crippen MR) is 54.8 cm³/mol. The van der Waals surface area contributed by atoms with E-state index in [-0.39, 0.29) is 11.3 Å². The van der Waals surface area contributed by atoms with Crippen LogP contribution in [0.1, 0.15) is 0 Å². The van der Waals surface area contributed by atoms with Gasteiger partial charge in [0, 0.05) is 12.4 Å². The number of anilines is 1. The van der Waals surface area contributed by atoms with Crippen LogP contribution in [0.4, 0.5) is 5.95 Å². The number of hydrogen-bond acceptors (Lipinski definition) is 5. The number of methoxy groups -OCH3 is 1. The lowest BCUT2D eigenvalue weighted by Crippen LogP contribution is -2.10. The maximum Gasteiger partial charge on any atom is 0.322 e. The molecule has 15 heavy (non-hydrogen) atoms. The van der Waals surface area contributed by atoms with Crippen LogP contribution in [0.5, 0.6) is 6.01 Å². The molecule has 78 valence electrons. The molecule has 0 amide bonds. The van der Waals surface area contributed by atoms with Gasteiger partial charge in [-0.3, -0.25) is 10.1 Å². The molecule has 0 atom stereocenters. The molecule has 0 aliphatic rings. The molecule has 6 nitrogen and oxygen atoms in total. The molecule has 0 unspecified atom stereocenters. The number of nitrogens with zero attached hydrogens (tertiary/aromatic N) is 4. The van der Waals surface area contributed by atoms with Gasteiger partial charge in [0.25, 0.3) is 0 Å². The van der Waals surface area contributed by atoms with Crippen molar-refractivity contribution in [3.05, 3.63) is 29.8 Å². The fourth-order valence-corrected chi connectivity index (χ4v) is 1.15. The lowest BCUT2D eigenvalue weighted by Gasteiger charge is -2.06. The van der Waals surface area contributed by atoms with Crippen LogP contribution in [0.2, 0.25) is 5.28 Å². The molecule has 0 aliphatic carbocycles. The molecule has 2 aromatic heterocycles. The van der Waals surface area contributed by atoms with E-state index in [0.717, 1.165) is 0 Å². The summed E-state index contributed by atoms with van der Waals surface area (Å²) in [5.74, 6) is 0.322. The summed E-state index contributed by atoms with van der Waals surface area (Å²) in [6, 6.07) is 3.91. The molecular formula is C8H8ClN5O. The Morgan fingerprint density at radius 1 is 1.27 bits per heavy atom. The highest BCUT2D eigenvalue weighted by molar-refractivity contribution is 6.28. The van der Waals surface area contributed by atoms with Gasteiger partial charge >= 0.3 is 6.01 Å². The molecule has 2 aromatic rings. The predicted octanol–water partition coefficient (Wildman–Crippen LogP) is 1.21. The van der Waals surface area contributed by atoms with Gasteiger partial charge in [-0.2, -0.15) is 15.0 Å². The number of rotatable bonds is 3. The Kier molecular flexibility index (Phi) is 2.68. The van der Waals surface area contributed by atoms with Gasteiger partial charge < -0.3 is 4.74 Å². The van der Waals surface area contributed by atoms with Crippen LogP contribution in [-0.4, -0.2) is 26.7 Å². The Balaban J connectivity index is 2.24. The van der Waals surface area contributed by atoms with Crippen LogP contribution in [0.3, 0.4) is 0 Å². The van der Waals surface area contributed by atoms with Gasteiger partial charge in [-0.15, -0.1) is 0 Å². The van der Waals surface area contributed by atoms with Crippen LogP contribution in [0, 0.1) is 0 Å². The van der Waals surface area contributed by atoms with E-state index in [0.29, 0.717) is 5.95 Å². The van der Waals surface area contributed by atoms with Crippen LogP contribution >= 0.6 is 11.6 Å². The van der Waals surface area contributed by atoms with Gasteiger partial charge in [-0.25, -0.2) is 0 Å². The number of ether oxygens (including phenoxy) is 1. The summed E-state index contributed by atoms with van der Waals surface area (Å²) in [5.41, 5.74) is 2.89. The van der Waals surface area contributed by atoms with Crippen molar-refractivity contribution < 1.29 is 4.74 Å². The summed E-state index contributed by atoms with van der Waals surface area (Å²) in [7, 11) is 1.46. The zero-order valence-electron chi connectivity index (χ0n) is 7.88. The second-order valence-electron chi connectivity index (χ2n) is 2.62. The van der Waals surface area contributed by atoms with E-state index in [1.54, 1.807) is 4.68 Å². The Bertz CT molecular complexity index is 444. The monoisotopic (exact) mass is 225 g/mol. The Labute approximate surface area is 90.9 Å². The van der Waals surface area contributed by atoms with Crippen molar-refractivity contribution in [2.24, 2.45) is 0 Å². The van der Waals surface area contributed by atoms with Gasteiger partial charge in [0.05, 0.1) is 7.11 Å². The van der Waals surface area contributed by atoms with Gasteiger partial charge in [-0.05, 0) is 23.7 Å². The number of hydrogen-bond donors (Lipinski definition) is 1. The van der Waals surface area contributed by atoms with Crippen molar-refractivity contribution in [2.75, 3.05) is 12.5 Å². The van der Waals surface area contributed by atoms with E-state index in [2.05, 4.69) is 20.4 Å². The van der Waals surface area contributed by atoms with Crippen molar-refractivity contribution in [1.82, 2.24) is 19.6 Å². The van der Waals surface area contributed by atoms with E-state index in [4.69, 9.17) is 16.3 Å². The smallest absolute Gasteiger partial charge is 0.322 e. The summed E-state index contributed by atoms with van der Waals surface area (Å²) in [5, 5.41) is 0.0801. The van der Waals surface area contributed by atoms with Crippen molar-refractivity contribution in [1.29, 1.82) is 0 Å². The number of nitrogens with one attached hydrogen (secondary N) is 1. The Hall–Kier alpha value is -1.82. The second-order valence-corrected chi connectivity index (χ2v) is 2.95. The highest BCUT2D eigenvalue weighted by atomic mass is 35.5. The average Bonchev–Trinajstić information content (AvgIpc) is 2.69. The largest absolute Gasteiger partial charge is 0.467 e. The first kappa shape index (κ1) is 9.72. The van der Waals surface area contributed by atoms with Crippen molar-refractivity contribution in [3.63, 3.8) is 0 Å². The van der Waals surface area contributed by atoms with E-state index >= 15 is 0 Å². The zero-order valence-corrected chi connectivity index (χ0v) is 8.64. The van der Waals surface area contributed by atoms with Crippen LogP contribution in [0.25, 0.3) is 0 Å². The maximum atomic E-state index is 5.68. The lowest BCUT2D eigenvalue weighted by atomic mass is 10.7. The maximum absolute atomic E-state index is 5.68. The molecule has 0 aliphatic heterocycles. The molecule has 0 radical (unpaired) electrons. The summed E-state index contributed by atoms with van der Waals surface area (Å²) < 4.78 is 6.54. The quantitative estimate of drug-likeness (QED) is 0.851. The van der Waals surface area contributed by atoms with Crippen LogP contribution in [-0.2, 0) is 0 Å². The minimum Gasteiger partial charge on any atom is -0.467 e. The first-order valence-electron chi connectivity index (χ1n) is 4.13. The molecule has 0 bridgehead atoms. The topological polar surface area (TPSA) is 64.9 Å². The minimum absolute atomic E-state index is 0.0801. The molecule has 0 saturated carbocycles. The van der Waals surface area contributed by atoms with E-state index in [1.807, 2.05) is 24.5 Å². The summed E-state index contributed by atoms with van der Waals surface area (Å²) >= 11 is 5.68. The molecule has 0 fully saturated rings. The lowest BCUT2D eigenvalue weighted by molar-refractivity contribution is 0.378. The SMILES string of the molecule is COc1nc(Cl)nc(Nn2cccc2)n1. The average molecular weight is 226 g/mol. The zero-order chi connectivity index (χ0) is 10.7. The highest BCUT2D eigenvalue weighted by Gasteiger charge is 2.04. The summed E-state index contributed by atoms with van der Waals surface area (Å²) in [6.45, 7) is 0. The summed E-state index contributed by atoms with van der Waals surface area (Å²) in [6.07, 6.45) is 3.62. The molecule has 2 heterocycles. The number of halogens is 1. The highest BCUT2D eigenvalue weighted by Crippen LogP contribution is 2.10. The Morgan fingerprint density at radius 3 is 2.67 bits per heavy atom. The molecular weight excluding hydrogens is 218 g/mol. The van der Waals surface area contributed by atoms with Crippen LogP contribution < -0.4 is 10.2 Å². The van der Waals surface area contributed by atoms with Crippen molar-refractivity contribution >= 4 is 17.5 Å². The molecule has 0 aromatic carbocycles. The Morgan fingerprint density at radius 2 is 2.00 bits per heavy atom. The molecule has 1 N–H and O–H groups in total. The molecule has 0 saturated heterocycles. The standard InChI is InChI=1S/C8H8ClN5O/c1-15-8-11-6(9)10-7(12-8)13-14-4-2-3-5-14/h2-5H,1H3,(H,10,11,12,13). The van der Waals surface area contributed by atoms with E-state index < -0.39 is 0 Å². The second kappa shape index (κ2) is 4.14. The minimum atomic E-state index is 0.0801.